The van der Waals surface area contributed by atoms with Crippen molar-refractivity contribution in [3.05, 3.63) is 65.2 Å². The third-order valence-corrected chi connectivity index (χ3v) is 3.28. The van der Waals surface area contributed by atoms with Gasteiger partial charge in [-0.05, 0) is 30.3 Å². The number of benzene rings is 2. The summed E-state index contributed by atoms with van der Waals surface area (Å²) in [5, 5.41) is 14.1. The third kappa shape index (κ3) is 4.97. The molecule has 0 aliphatic heterocycles. The van der Waals surface area contributed by atoms with Crippen LogP contribution in [-0.4, -0.2) is 30.0 Å². The molecule has 132 valence electrons. The summed E-state index contributed by atoms with van der Waals surface area (Å²) >= 11 is 0. The van der Waals surface area contributed by atoms with Crippen molar-refractivity contribution in [2.75, 3.05) is 13.1 Å². The summed E-state index contributed by atoms with van der Waals surface area (Å²) in [6.07, 6.45) is -4.63. The molecule has 0 atom stereocenters. The van der Waals surface area contributed by atoms with Crippen molar-refractivity contribution in [1.29, 1.82) is 0 Å². The molecule has 0 fully saturated rings. The number of rotatable bonds is 5. The second-order valence-electron chi connectivity index (χ2n) is 5.11. The number of amides is 2. The van der Waals surface area contributed by atoms with Crippen molar-refractivity contribution in [3.8, 4) is 5.75 Å². The molecule has 0 unspecified atom stereocenters. The van der Waals surface area contributed by atoms with Crippen LogP contribution in [0.4, 0.5) is 13.2 Å². The Kier molecular flexibility index (Phi) is 5.63. The number of alkyl halides is 3. The van der Waals surface area contributed by atoms with Crippen LogP contribution in [0.2, 0.25) is 0 Å². The molecule has 0 spiro atoms. The van der Waals surface area contributed by atoms with Gasteiger partial charge in [-0.25, -0.2) is 0 Å². The van der Waals surface area contributed by atoms with Crippen LogP contribution in [0.15, 0.2) is 48.5 Å². The lowest BCUT2D eigenvalue weighted by molar-refractivity contribution is -0.137. The summed E-state index contributed by atoms with van der Waals surface area (Å²) in [7, 11) is 0. The first-order valence-electron chi connectivity index (χ1n) is 7.30. The fourth-order valence-corrected chi connectivity index (χ4v) is 2.12. The Morgan fingerprint density at radius 3 is 2.20 bits per heavy atom. The molecule has 5 nitrogen and oxygen atoms in total. The van der Waals surface area contributed by atoms with Gasteiger partial charge in [0, 0.05) is 18.7 Å². The van der Waals surface area contributed by atoms with Gasteiger partial charge in [-0.1, -0.05) is 18.2 Å². The van der Waals surface area contributed by atoms with Gasteiger partial charge in [0.15, 0.2) is 0 Å². The number of hydrogen-bond donors (Lipinski definition) is 3. The molecule has 2 amide bonds. The highest BCUT2D eigenvalue weighted by molar-refractivity contribution is 5.96. The van der Waals surface area contributed by atoms with E-state index in [9.17, 15) is 27.9 Å². The number of phenols is 1. The van der Waals surface area contributed by atoms with E-state index in [1.54, 1.807) is 0 Å². The molecule has 0 aliphatic carbocycles. The Balaban J connectivity index is 1.88. The van der Waals surface area contributed by atoms with Crippen LogP contribution in [0.5, 0.6) is 5.75 Å². The van der Waals surface area contributed by atoms with Crippen LogP contribution < -0.4 is 10.6 Å². The number of carbonyl (C=O) groups excluding carboxylic acids is 2. The average molecular weight is 352 g/mol. The Labute approximate surface area is 141 Å². The molecule has 0 saturated heterocycles. The molecule has 0 aromatic heterocycles. The quantitative estimate of drug-likeness (QED) is 0.724. The second-order valence-corrected chi connectivity index (χ2v) is 5.11. The van der Waals surface area contributed by atoms with Crippen molar-refractivity contribution >= 4 is 11.8 Å². The third-order valence-electron chi connectivity index (χ3n) is 3.28. The van der Waals surface area contributed by atoms with Gasteiger partial charge in [0.05, 0.1) is 11.1 Å². The topological polar surface area (TPSA) is 78.4 Å². The number of hydrogen-bond acceptors (Lipinski definition) is 3. The predicted octanol–water partition coefficient (Wildman–Crippen LogP) is 2.57. The van der Waals surface area contributed by atoms with E-state index in [4.69, 9.17) is 0 Å². The van der Waals surface area contributed by atoms with Crippen LogP contribution in [0, 0.1) is 0 Å². The molecule has 0 saturated carbocycles. The highest BCUT2D eigenvalue weighted by Gasteiger charge is 2.34. The number of nitrogens with one attached hydrogen (secondary N) is 2. The molecule has 0 aliphatic rings. The van der Waals surface area contributed by atoms with Gasteiger partial charge < -0.3 is 15.7 Å². The zero-order chi connectivity index (χ0) is 18.4. The average Bonchev–Trinajstić information content (AvgIpc) is 2.57. The molecule has 0 bridgehead atoms. The Morgan fingerprint density at radius 1 is 0.920 bits per heavy atom. The van der Waals surface area contributed by atoms with E-state index in [-0.39, 0.29) is 24.4 Å². The van der Waals surface area contributed by atoms with Crippen LogP contribution in [-0.2, 0) is 6.18 Å². The molecule has 0 heterocycles. The maximum atomic E-state index is 12.9. The number of aromatic hydroxyl groups is 1. The summed E-state index contributed by atoms with van der Waals surface area (Å²) in [6.45, 7) is -0.0238. The number of halogens is 3. The van der Waals surface area contributed by atoms with E-state index < -0.39 is 29.1 Å². The molecule has 0 radical (unpaired) electrons. The van der Waals surface area contributed by atoms with Crippen LogP contribution in [0.1, 0.15) is 26.3 Å². The normalized spacial score (nSPS) is 11.0. The predicted molar refractivity (Wildman–Crippen MR) is 84.2 cm³/mol. The number of phenolic OH excluding ortho intramolecular Hbond substituents is 1. The first-order valence-corrected chi connectivity index (χ1v) is 7.30. The van der Waals surface area contributed by atoms with E-state index in [2.05, 4.69) is 10.6 Å². The Hall–Kier alpha value is -3.03. The summed E-state index contributed by atoms with van der Waals surface area (Å²) in [4.78, 5) is 23.7. The molecule has 2 aromatic rings. The standard InChI is InChI=1S/C17H15F3N2O3/c18-17(19,20)14-7-2-1-6-13(14)16(25)22-9-8-21-15(24)11-4-3-5-12(23)10-11/h1-7,10,23H,8-9H2,(H,21,24)(H,22,25). The van der Waals surface area contributed by atoms with Gasteiger partial charge in [-0.2, -0.15) is 13.2 Å². The van der Waals surface area contributed by atoms with Crippen molar-refractivity contribution in [1.82, 2.24) is 10.6 Å². The van der Waals surface area contributed by atoms with Gasteiger partial charge in [0.25, 0.3) is 11.8 Å². The Bertz CT molecular complexity index is 776. The Morgan fingerprint density at radius 2 is 1.56 bits per heavy atom. The highest BCUT2D eigenvalue weighted by atomic mass is 19.4. The zero-order valence-corrected chi connectivity index (χ0v) is 12.9. The van der Waals surface area contributed by atoms with E-state index in [1.165, 1.54) is 36.4 Å². The molecule has 25 heavy (non-hydrogen) atoms. The van der Waals surface area contributed by atoms with Crippen molar-refractivity contribution in [2.24, 2.45) is 0 Å². The lowest BCUT2D eigenvalue weighted by atomic mass is 10.1. The fourth-order valence-electron chi connectivity index (χ4n) is 2.12. The fraction of sp³-hybridized carbons (Fsp3) is 0.176. The molecular weight excluding hydrogens is 337 g/mol. The lowest BCUT2D eigenvalue weighted by Crippen LogP contribution is -2.35. The minimum absolute atomic E-state index is 0.0222. The molecule has 2 rings (SSSR count). The van der Waals surface area contributed by atoms with Gasteiger partial charge in [-0.3, -0.25) is 9.59 Å². The molecule has 8 heteroatoms. The van der Waals surface area contributed by atoms with Crippen LogP contribution in [0.25, 0.3) is 0 Å². The van der Waals surface area contributed by atoms with E-state index in [1.807, 2.05) is 0 Å². The van der Waals surface area contributed by atoms with E-state index in [0.717, 1.165) is 12.1 Å². The molecular formula is C17H15F3N2O3. The minimum Gasteiger partial charge on any atom is -0.508 e. The van der Waals surface area contributed by atoms with Gasteiger partial charge in [0.2, 0.25) is 0 Å². The lowest BCUT2D eigenvalue weighted by Gasteiger charge is -2.13. The van der Waals surface area contributed by atoms with Crippen molar-refractivity contribution < 1.29 is 27.9 Å². The van der Waals surface area contributed by atoms with E-state index in [0.29, 0.717) is 0 Å². The monoisotopic (exact) mass is 352 g/mol. The van der Waals surface area contributed by atoms with Crippen molar-refractivity contribution in [3.63, 3.8) is 0 Å². The number of carbonyl (C=O) groups is 2. The molecule has 3 N–H and O–H groups in total. The maximum absolute atomic E-state index is 12.9. The maximum Gasteiger partial charge on any atom is 0.417 e. The van der Waals surface area contributed by atoms with Crippen molar-refractivity contribution in [2.45, 2.75) is 6.18 Å². The first-order chi connectivity index (χ1) is 11.8. The van der Waals surface area contributed by atoms with E-state index >= 15 is 0 Å². The van der Waals surface area contributed by atoms with Gasteiger partial charge in [0.1, 0.15) is 5.75 Å². The summed E-state index contributed by atoms with van der Waals surface area (Å²) < 4.78 is 38.6. The first kappa shape index (κ1) is 18.3. The van der Waals surface area contributed by atoms with Gasteiger partial charge in [-0.15, -0.1) is 0 Å². The van der Waals surface area contributed by atoms with Gasteiger partial charge >= 0.3 is 6.18 Å². The zero-order valence-electron chi connectivity index (χ0n) is 12.9. The highest BCUT2D eigenvalue weighted by Crippen LogP contribution is 2.31. The van der Waals surface area contributed by atoms with Crippen LogP contribution >= 0.6 is 0 Å². The molecule has 2 aromatic carbocycles. The largest absolute Gasteiger partial charge is 0.508 e. The summed E-state index contributed by atoms with van der Waals surface area (Å²) in [5.74, 6) is -1.41. The minimum atomic E-state index is -4.63. The second kappa shape index (κ2) is 7.69. The smallest absolute Gasteiger partial charge is 0.417 e. The SMILES string of the molecule is O=C(NCCNC(=O)c1ccccc1C(F)(F)F)c1cccc(O)c1. The summed E-state index contributed by atoms with van der Waals surface area (Å²) in [5.41, 5.74) is -1.26. The van der Waals surface area contributed by atoms with Crippen LogP contribution in [0.3, 0.4) is 0 Å². The summed E-state index contributed by atoms with van der Waals surface area (Å²) in [6, 6.07) is 10.1.